The molecule has 6 heteroatoms. The summed E-state index contributed by atoms with van der Waals surface area (Å²) in [6.07, 6.45) is 9.06. The first kappa shape index (κ1) is 18.0. The molecule has 1 aliphatic heterocycles. The Bertz CT molecular complexity index is 953. The van der Waals surface area contributed by atoms with Gasteiger partial charge in [0.05, 0.1) is 11.1 Å². The highest BCUT2D eigenvalue weighted by molar-refractivity contribution is 6.30. The van der Waals surface area contributed by atoms with Crippen LogP contribution < -0.4 is 5.73 Å². The summed E-state index contributed by atoms with van der Waals surface area (Å²) in [5.41, 5.74) is 10.3. The van der Waals surface area contributed by atoms with Gasteiger partial charge in [0.1, 0.15) is 12.1 Å². The molecule has 1 unspecified atom stereocenters. The maximum atomic E-state index is 6.16. The summed E-state index contributed by atoms with van der Waals surface area (Å²) in [6.45, 7) is 0.515. The summed E-state index contributed by atoms with van der Waals surface area (Å²) >= 11 is 6.16. The van der Waals surface area contributed by atoms with E-state index in [-0.39, 0.29) is 5.41 Å². The Kier molecular flexibility index (Phi) is 4.14. The maximum absolute atomic E-state index is 6.16. The molecule has 1 aromatic carbocycles. The number of halogens is 1. The van der Waals surface area contributed by atoms with E-state index in [9.17, 15) is 0 Å². The van der Waals surface area contributed by atoms with E-state index in [1.807, 2.05) is 19.4 Å². The van der Waals surface area contributed by atoms with Crippen molar-refractivity contribution < 1.29 is 9.47 Å². The molecule has 146 valence electrons. The van der Waals surface area contributed by atoms with Gasteiger partial charge < -0.3 is 15.2 Å². The van der Waals surface area contributed by atoms with Crippen LogP contribution in [0.3, 0.4) is 0 Å². The average Bonchev–Trinajstić information content (AvgIpc) is 3.22. The van der Waals surface area contributed by atoms with Gasteiger partial charge in [-0.3, -0.25) is 4.98 Å². The predicted molar refractivity (Wildman–Crippen MR) is 109 cm³/mol. The van der Waals surface area contributed by atoms with Crippen LogP contribution in [0.2, 0.25) is 5.02 Å². The molecule has 3 aliphatic rings. The van der Waals surface area contributed by atoms with Crippen molar-refractivity contribution in [3.8, 4) is 11.1 Å². The van der Waals surface area contributed by atoms with Crippen molar-refractivity contribution in [3.63, 3.8) is 0 Å². The van der Waals surface area contributed by atoms with Crippen LogP contribution in [0.5, 0.6) is 0 Å². The lowest BCUT2D eigenvalue weighted by Crippen LogP contribution is -2.46. The van der Waals surface area contributed by atoms with E-state index in [0.717, 1.165) is 43.2 Å². The number of aliphatic imine (C=N–C) groups is 1. The SMILES string of the molecule is CO[C@H]1CC[C@]2(CC1)Cc1ccc(-c3cncc(Cl)c3)cc1C21COC(N)=N1. The van der Waals surface area contributed by atoms with Crippen molar-refractivity contribution in [2.24, 2.45) is 16.1 Å². The molecule has 1 saturated carbocycles. The predicted octanol–water partition coefficient (Wildman–Crippen LogP) is 4.07. The third-order valence-corrected chi connectivity index (χ3v) is 7.16. The number of benzene rings is 1. The van der Waals surface area contributed by atoms with Crippen LogP contribution in [-0.4, -0.2) is 30.8 Å². The Hall–Kier alpha value is -2.11. The van der Waals surface area contributed by atoms with Gasteiger partial charge in [-0.2, -0.15) is 0 Å². The number of hydrogen-bond donors (Lipinski definition) is 1. The zero-order valence-corrected chi connectivity index (χ0v) is 16.7. The Morgan fingerprint density at radius 2 is 2.00 bits per heavy atom. The van der Waals surface area contributed by atoms with Gasteiger partial charge in [-0.25, -0.2) is 4.99 Å². The Labute approximate surface area is 169 Å². The summed E-state index contributed by atoms with van der Waals surface area (Å²) in [5, 5.41) is 0.633. The highest BCUT2D eigenvalue weighted by Gasteiger charge is 2.61. The third kappa shape index (κ3) is 2.56. The number of nitrogens with zero attached hydrogens (tertiary/aromatic N) is 2. The molecule has 1 atom stereocenters. The van der Waals surface area contributed by atoms with Gasteiger partial charge in [0.2, 0.25) is 0 Å². The Morgan fingerprint density at radius 1 is 1.18 bits per heavy atom. The fraction of sp³-hybridized carbons (Fsp3) is 0.455. The monoisotopic (exact) mass is 397 g/mol. The first-order valence-corrected chi connectivity index (χ1v) is 10.2. The zero-order chi connectivity index (χ0) is 19.4. The van der Waals surface area contributed by atoms with Gasteiger partial charge in [0.25, 0.3) is 6.02 Å². The van der Waals surface area contributed by atoms with Gasteiger partial charge in [0.15, 0.2) is 0 Å². The molecule has 0 saturated heterocycles. The van der Waals surface area contributed by atoms with Gasteiger partial charge in [-0.15, -0.1) is 0 Å². The topological polar surface area (TPSA) is 69.7 Å². The van der Waals surface area contributed by atoms with Crippen LogP contribution in [0, 0.1) is 5.41 Å². The number of ether oxygens (including phenoxy) is 2. The summed E-state index contributed by atoms with van der Waals surface area (Å²) in [4.78, 5) is 9.17. The quantitative estimate of drug-likeness (QED) is 0.829. The fourth-order valence-electron chi connectivity index (χ4n) is 5.47. The summed E-state index contributed by atoms with van der Waals surface area (Å²) in [5.74, 6) is 0. The standard InChI is InChI=1S/C22H24ClN3O2/c1-27-18-4-6-21(7-5-18)10-15-3-2-14(16-8-17(23)12-25-11-16)9-19(15)22(21)13-28-20(24)26-22/h2-3,8-9,11-12,18H,4-7,10,13H2,1H3,(H2,24,26)/t18-,21-,22?. The number of nitrogens with two attached hydrogens (primary N) is 1. The largest absolute Gasteiger partial charge is 0.462 e. The second-order valence-corrected chi connectivity index (χ2v) is 8.69. The molecule has 2 spiro atoms. The summed E-state index contributed by atoms with van der Waals surface area (Å²) < 4.78 is 11.4. The Balaban J connectivity index is 1.61. The fourth-order valence-corrected chi connectivity index (χ4v) is 5.65. The molecule has 5 rings (SSSR count). The van der Waals surface area contributed by atoms with Crippen molar-refractivity contribution in [3.05, 3.63) is 52.8 Å². The molecular formula is C22H24ClN3O2. The smallest absolute Gasteiger partial charge is 0.283 e. The van der Waals surface area contributed by atoms with Gasteiger partial charge in [-0.1, -0.05) is 23.7 Å². The van der Waals surface area contributed by atoms with Crippen LogP contribution in [0.25, 0.3) is 11.1 Å². The number of fused-ring (bicyclic) bond motifs is 3. The van der Waals surface area contributed by atoms with E-state index in [4.69, 9.17) is 31.8 Å². The van der Waals surface area contributed by atoms with Crippen LogP contribution in [-0.2, 0) is 21.4 Å². The molecule has 2 heterocycles. The number of rotatable bonds is 2. The minimum absolute atomic E-state index is 0.0384. The lowest BCUT2D eigenvalue weighted by atomic mass is 9.62. The molecule has 0 radical (unpaired) electrons. The molecule has 28 heavy (non-hydrogen) atoms. The minimum atomic E-state index is -0.410. The summed E-state index contributed by atoms with van der Waals surface area (Å²) in [6, 6.07) is 8.87. The molecule has 1 aromatic heterocycles. The minimum Gasteiger partial charge on any atom is -0.462 e. The first-order chi connectivity index (χ1) is 13.6. The second kappa shape index (κ2) is 6.46. The van der Waals surface area contributed by atoms with Gasteiger partial charge in [-0.05, 0) is 60.9 Å². The van der Waals surface area contributed by atoms with Crippen LogP contribution in [0.4, 0.5) is 0 Å². The maximum Gasteiger partial charge on any atom is 0.283 e. The van der Waals surface area contributed by atoms with E-state index >= 15 is 0 Å². The third-order valence-electron chi connectivity index (χ3n) is 6.95. The van der Waals surface area contributed by atoms with E-state index < -0.39 is 5.54 Å². The molecule has 5 nitrogen and oxygen atoms in total. The molecular weight excluding hydrogens is 374 g/mol. The van der Waals surface area contributed by atoms with Crippen LogP contribution in [0.15, 0.2) is 41.7 Å². The van der Waals surface area contributed by atoms with Crippen molar-refractivity contribution >= 4 is 17.6 Å². The molecule has 0 amide bonds. The number of hydrogen-bond acceptors (Lipinski definition) is 5. The number of methoxy groups -OCH3 is 1. The Morgan fingerprint density at radius 3 is 2.68 bits per heavy atom. The first-order valence-electron chi connectivity index (χ1n) is 9.81. The van der Waals surface area contributed by atoms with Crippen molar-refractivity contribution in [1.29, 1.82) is 0 Å². The highest BCUT2D eigenvalue weighted by atomic mass is 35.5. The molecule has 2 aliphatic carbocycles. The van der Waals surface area contributed by atoms with Crippen molar-refractivity contribution in [2.45, 2.75) is 43.7 Å². The molecule has 2 aromatic rings. The van der Waals surface area contributed by atoms with E-state index in [1.165, 1.54) is 11.1 Å². The van der Waals surface area contributed by atoms with Gasteiger partial charge >= 0.3 is 0 Å². The van der Waals surface area contributed by atoms with E-state index in [2.05, 4.69) is 23.2 Å². The molecule has 2 N–H and O–H groups in total. The normalized spacial score (nSPS) is 31.1. The number of amidine groups is 1. The summed E-state index contributed by atoms with van der Waals surface area (Å²) in [7, 11) is 1.81. The van der Waals surface area contributed by atoms with E-state index in [0.29, 0.717) is 23.8 Å². The lowest BCUT2D eigenvalue weighted by Gasteiger charge is -2.45. The second-order valence-electron chi connectivity index (χ2n) is 8.25. The van der Waals surface area contributed by atoms with E-state index in [1.54, 1.807) is 6.20 Å². The van der Waals surface area contributed by atoms with Crippen LogP contribution >= 0.6 is 11.6 Å². The van der Waals surface area contributed by atoms with Gasteiger partial charge in [0, 0.05) is 30.5 Å². The lowest BCUT2D eigenvalue weighted by molar-refractivity contribution is -0.00983. The zero-order valence-electron chi connectivity index (χ0n) is 16.0. The number of pyridine rings is 1. The van der Waals surface area contributed by atoms with Crippen LogP contribution in [0.1, 0.15) is 36.8 Å². The molecule has 1 fully saturated rings. The molecule has 0 bridgehead atoms. The van der Waals surface area contributed by atoms with Crippen molar-refractivity contribution in [1.82, 2.24) is 4.98 Å². The average molecular weight is 398 g/mol. The van der Waals surface area contributed by atoms with Crippen molar-refractivity contribution in [2.75, 3.05) is 13.7 Å². The highest BCUT2D eigenvalue weighted by Crippen LogP contribution is 2.61. The number of aromatic nitrogens is 1.